The van der Waals surface area contributed by atoms with Crippen molar-refractivity contribution in [3.8, 4) is 0 Å². The first-order valence-corrected chi connectivity index (χ1v) is 31.8. The zero-order chi connectivity index (χ0) is 53.9. The van der Waals surface area contributed by atoms with Gasteiger partial charge in [-0.1, -0.05) is 295 Å². The summed E-state index contributed by atoms with van der Waals surface area (Å²) in [5.41, 5.74) is 1.73. The molecular formula is C66H118O9. The van der Waals surface area contributed by atoms with Crippen molar-refractivity contribution in [2.45, 2.75) is 310 Å². The van der Waals surface area contributed by atoms with Gasteiger partial charge in [-0.2, -0.15) is 0 Å². The Kier molecular flexibility index (Phi) is 46.4. The molecule has 2 rings (SSSR count). The summed E-state index contributed by atoms with van der Waals surface area (Å²) in [4.78, 5) is 0. The second-order valence-corrected chi connectivity index (χ2v) is 21.4. The predicted molar refractivity (Wildman–Crippen MR) is 312 cm³/mol. The molecule has 0 fully saturated rings. The van der Waals surface area contributed by atoms with E-state index >= 15 is 0 Å². The van der Waals surface area contributed by atoms with E-state index in [0.717, 1.165) is 88.2 Å². The van der Waals surface area contributed by atoms with E-state index in [1.807, 2.05) is 60.7 Å². The van der Waals surface area contributed by atoms with Crippen LogP contribution in [0.3, 0.4) is 0 Å². The average molecular weight is 1060 g/mol. The number of ether oxygens (including phenoxy) is 9. The number of rotatable bonds is 58. The van der Waals surface area contributed by atoms with E-state index in [0.29, 0.717) is 39.3 Å². The predicted octanol–water partition coefficient (Wildman–Crippen LogP) is 20.7. The summed E-state index contributed by atoms with van der Waals surface area (Å²) < 4.78 is 60.4. The second-order valence-electron chi connectivity index (χ2n) is 21.4. The van der Waals surface area contributed by atoms with Crippen molar-refractivity contribution in [1.29, 1.82) is 0 Å². The summed E-state index contributed by atoms with van der Waals surface area (Å²) in [6, 6.07) is 20.2. The lowest BCUT2D eigenvalue weighted by molar-refractivity contribution is -0.435. The van der Waals surface area contributed by atoms with Crippen LogP contribution in [0.15, 0.2) is 60.7 Å². The van der Waals surface area contributed by atoms with Gasteiger partial charge in [0.05, 0.1) is 26.4 Å². The minimum atomic E-state index is -1.26. The lowest BCUT2D eigenvalue weighted by Gasteiger charge is -2.37. The highest BCUT2D eigenvalue weighted by molar-refractivity contribution is 5.17. The van der Waals surface area contributed by atoms with Gasteiger partial charge in [0.25, 0.3) is 11.9 Å². The Hall–Kier alpha value is -1.92. The van der Waals surface area contributed by atoms with Gasteiger partial charge in [0, 0.05) is 24.0 Å². The molecule has 9 nitrogen and oxygen atoms in total. The first-order chi connectivity index (χ1) is 37.0. The van der Waals surface area contributed by atoms with Crippen molar-refractivity contribution >= 4 is 0 Å². The van der Waals surface area contributed by atoms with E-state index in [9.17, 15) is 0 Å². The zero-order valence-corrected chi connectivity index (χ0v) is 49.7. The van der Waals surface area contributed by atoms with Crippen LogP contribution < -0.4 is 0 Å². The molecule has 0 radical (unpaired) electrons. The fourth-order valence-electron chi connectivity index (χ4n) is 9.46. The Labute approximate surface area is 462 Å². The van der Waals surface area contributed by atoms with Gasteiger partial charge in [0.15, 0.2) is 26.2 Å². The summed E-state index contributed by atoms with van der Waals surface area (Å²) in [5, 5.41) is 0. The highest BCUT2D eigenvalue weighted by Crippen LogP contribution is 2.35. The van der Waals surface area contributed by atoms with Crippen LogP contribution in [0.4, 0.5) is 0 Å². The van der Waals surface area contributed by atoms with Crippen molar-refractivity contribution in [2.75, 3.05) is 40.0 Å². The van der Waals surface area contributed by atoms with Crippen LogP contribution in [-0.2, 0) is 42.6 Å². The van der Waals surface area contributed by atoms with Crippen molar-refractivity contribution in [1.82, 2.24) is 0 Å². The van der Waals surface area contributed by atoms with Crippen molar-refractivity contribution in [3.63, 3.8) is 0 Å². The highest BCUT2D eigenvalue weighted by Gasteiger charge is 2.39. The molecule has 0 saturated heterocycles. The maximum Gasteiger partial charge on any atom is 0.285 e. The summed E-state index contributed by atoms with van der Waals surface area (Å²) >= 11 is 0. The smallest absolute Gasteiger partial charge is 0.285 e. The molecule has 436 valence electrons. The molecule has 0 spiro atoms. The van der Waals surface area contributed by atoms with E-state index in [1.165, 1.54) is 154 Å². The highest BCUT2D eigenvalue weighted by atomic mass is 16.9. The van der Waals surface area contributed by atoms with E-state index < -0.39 is 24.5 Å². The van der Waals surface area contributed by atoms with Crippen molar-refractivity contribution in [3.05, 3.63) is 71.8 Å². The summed E-state index contributed by atoms with van der Waals surface area (Å²) in [6.45, 7) is 15.6. The third-order valence-corrected chi connectivity index (χ3v) is 14.3. The van der Waals surface area contributed by atoms with Gasteiger partial charge in [0.1, 0.15) is 0 Å². The van der Waals surface area contributed by atoms with E-state index in [-0.39, 0.29) is 13.6 Å². The largest absolute Gasteiger partial charge is 0.329 e. The average Bonchev–Trinajstić information content (AvgIpc) is 3.44. The second kappa shape index (κ2) is 50.3. The molecule has 75 heavy (non-hydrogen) atoms. The molecule has 2 aromatic carbocycles. The maximum absolute atomic E-state index is 6.99. The molecule has 0 aliphatic heterocycles. The molecule has 0 bridgehead atoms. The van der Waals surface area contributed by atoms with Gasteiger partial charge in [0.2, 0.25) is 0 Å². The topological polar surface area (TPSA) is 83.1 Å². The molecule has 0 N–H and O–H groups in total. The molecule has 0 heterocycles. The molecular weight excluding hydrogens is 937 g/mol. The fraction of sp³-hybridized carbons (Fsp3) is 0.818. The summed E-state index contributed by atoms with van der Waals surface area (Å²) in [6.07, 6.45) is 42.6. The Morgan fingerprint density at radius 1 is 0.293 bits per heavy atom. The summed E-state index contributed by atoms with van der Waals surface area (Å²) in [5.74, 6) is -2.51. The SMILES string of the molecule is CCCCCCCCCCOC(CCCC)(OCCCCCCCCCC)OC(OCOCOC(OC(CCCC)(OCCCCCCCCCC)OCCCCCCCCCC)c1ccccc1)c1ccccc1. The van der Waals surface area contributed by atoms with Crippen LogP contribution in [0.25, 0.3) is 0 Å². The fourth-order valence-corrected chi connectivity index (χ4v) is 9.46. The van der Waals surface area contributed by atoms with Crippen molar-refractivity contribution < 1.29 is 42.6 Å². The van der Waals surface area contributed by atoms with Gasteiger partial charge >= 0.3 is 0 Å². The van der Waals surface area contributed by atoms with Gasteiger partial charge in [-0.05, 0) is 38.5 Å². The third kappa shape index (κ3) is 36.8. The quantitative estimate of drug-likeness (QED) is 0.0475. The minimum Gasteiger partial charge on any atom is -0.329 e. The van der Waals surface area contributed by atoms with E-state index in [1.54, 1.807) is 0 Å². The molecule has 2 atom stereocenters. The van der Waals surface area contributed by atoms with E-state index in [2.05, 4.69) is 41.5 Å². The van der Waals surface area contributed by atoms with Crippen LogP contribution in [0, 0.1) is 0 Å². The molecule has 2 aromatic rings. The maximum atomic E-state index is 6.99. The Balaban J connectivity index is 2.26. The molecule has 0 aliphatic carbocycles. The third-order valence-electron chi connectivity index (χ3n) is 14.3. The monoisotopic (exact) mass is 1050 g/mol. The van der Waals surface area contributed by atoms with Gasteiger partial charge in [-0.25, -0.2) is 0 Å². The molecule has 0 saturated carbocycles. The Morgan fingerprint density at radius 3 is 0.787 bits per heavy atom. The number of benzene rings is 2. The first-order valence-electron chi connectivity index (χ1n) is 31.8. The van der Waals surface area contributed by atoms with Crippen molar-refractivity contribution in [2.24, 2.45) is 0 Å². The lowest BCUT2D eigenvalue weighted by Crippen LogP contribution is -2.42. The van der Waals surface area contributed by atoms with Crippen LogP contribution in [-0.4, -0.2) is 52.0 Å². The van der Waals surface area contributed by atoms with Gasteiger partial charge in [-0.3, -0.25) is 9.47 Å². The molecule has 0 amide bonds. The standard InChI is InChI=1S/C66H118O9/c1-7-13-19-23-27-31-35-45-55-70-65(53-17-11-5,71-56-46-36-32-28-24-20-14-8-2)74-63(61-49-41-39-42-50-61)68-59-67-60-69-64(62-51-43-40-44-52-62)75-66(54-18-12-6,72-57-47-37-33-29-25-21-15-9-3)73-58-48-38-34-30-26-22-16-10-4/h39-44,49-52,63-64H,7-38,45-48,53-60H2,1-6H3. The molecule has 9 heteroatoms. The van der Waals surface area contributed by atoms with Crippen LogP contribution >= 0.6 is 0 Å². The van der Waals surface area contributed by atoms with Gasteiger partial charge in [-0.15, -0.1) is 0 Å². The molecule has 0 aliphatic rings. The lowest BCUT2D eigenvalue weighted by atomic mass is 10.1. The Bertz CT molecular complexity index is 1290. The molecule has 2 unspecified atom stereocenters. The van der Waals surface area contributed by atoms with Crippen LogP contribution in [0.5, 0.6) is 0 Å². The van der Waals surface area contributed by atoms with Crippen LogP contribution in [0.1, 0.15) is 309 Å². The first kappa shape index (κ1) is 69.2. The number of hydrogen-bond donors (Lipinski definition) is 0. The minimum absolute atomic E-state index is 0.0914. The molecule has 0 aromatic heterocycles. The zero-order valence-electron chi connectivity index (χ0n) is 49.7. The number of unbranched alkanes of at least 4 members (excludes halogenated alkanes) is 30. The van der Waals surface area contributed by atoms with Crippen LogP contribution in [0.2, 0.25) is 0 Å². The number of hydrogen-bond acceptors (Lipinski definition) is 9. The Morgan fingerprint density at radius 2 is 0.533 bits per heavy atom. The summed E-state index contributed by atoms with van der Waals surface area (Å²) in [7, 11) is 0. The normalized spacial score (nSPS) is 13.0. The van der Waals surface area contributed by atoms with Gasteiger partial charge < -0.3 is 33.2 Å². The van der Waals surface area contributed by atoms with E-state index in [4.69, 9.17) is 42.6 Å².